The molecule has 0 heterocycles. The van der Waals surface area contributed by atoms with Gasteiger partial charge >= 0.3 is 0 Å². The van der Waals surface area contributed by atoms with Crippen LogP contribution in [0.4, 0.5) is 11.4 Å². The maximum absolute atomic E-state index is 12.6. The van der Waals surface area contributed by atoms with E-state index in [-0.39, 0.29) is 4.90 Å². The molecule has 0 fully saturated rings. The average Bonchev–Trinajstić information content (AvgIpc) is 2.69. The lowest BCUT2D eigenvalue weighted by Crippen LogP contribution is -2.13. The van der Waals surface area contributed by atoms with E-state index in [1.165, 1.54) is 0 Å². The van der Waals surface area contributed by atoms with Crippen LogP contribution in [0.3, 0.4) is 0 Å². The van der Waals surface area contributed by atoms with Crippen LogP contribution < -0.4 is 14.8 Å². The van der Waals surface area contributed by atoms with Gasteiger partial charge < -0.3 is 10.1 Å². The van der Waals surface area contributed by atoms with Crippen molar-refractivity contribution in [2.75, 3.05) is 17.1 Å². The van der Waals surface area contributed by atoms with E-state index in [0.29, 0.717) is 12.2 Å². The van der Waals surface area contributed by atoms with Gasteiger partial charge in [-0.1, -0.05) is 18.2 Å². The first kappa shape index (κ1) is 19.8. The van der Waals surface area contributed by atoms with Crippen molar-refractivity contribution < 1.29 is 13.2 Å². The molecule has 3 aromatic carbocycles. The van der Waals surface area contributed by atoms with Gasteiger partial charge in [-0.05, 0) is 79.1 Å². The Balaban J connectivity index is 1.64. The molecular weight excluding hydrogens is 372 g/mol. The lowest BCUT2D eigenvalue weighted by Gasteiger charge is -2.11. The lowest BCUT2D eigenvalue weighted by atomic mass is 10.1. The van der Waals surface area contributed by atoms with Gasteiger partial charge in [0.05, 0.1) is 12.0 Å². The number of sulfonamides is 1. The van der Waals surface area contributed by atoms with Gasteiger partial charge in [-0.2, -0.15) is 0 Å². The third kappa shape index (κ3) is 4.84. The summed E-state index contributed by atoms with van der Waals surface area (Å²) in [4.78, 5) is 0.261. The molecule has 0 unspecified atom stereocenters. The van der Waals surface area contributed by atoms with E-state index in [9.17, 15) is 8.42 Å². The fraction of sp³-hybridized carbons (Fsp3) is 0.182. The quantitative estimate of drug-likeness (QED) is 0.606. The Kier molecular flexibility index (Phi) is 5.90. The minimum absolute atomic E-state index is 0.261. The van der Waals surface area contributed by atoms with E-state index < -0.39 is 10.0 Å². The highest BCUT2D eigenvalue weighted by Gasteiger charge is 2.14. The van der Waals surface area contributed by atoms with Crippen molar-refractivity contribution in [3.63, 3.8) is 0 Å². The highest BCUT2D eigenvalue weighted by Crippen LogP contribution is 2.21. The van der Waals surface area contributed by atoms with Gasteiger partial charge in [0, 0.05) is 17.9 Å². The topological polar surface area (TPSA) is 67.4 Å². The smallest absolute Gasteiger partial charge is 0.261 e. The number of hydrogen-bond donors (Lipinski definition) is 2. The van der Waals surface area contributed by atoms with Crippen LogP contribution >= 0.6 is 0 Å². The summed E-state index contributed by atoms with van der Waals surface area (Å²) in [6.07, 6.45) is 0. The van der Waals surface area contributed by atoms with Crippen molar-refractivity contribution in [2.24, 2.45) is 0 Å². The Hall–Kier alpha value is -2.99. The Morgan fingerprint density at radius 2 is 1.46 bits per heavy atom. The summed E-state index contributed by atoms with van der Waals surface area (Å²) in [6, 6.07) is 20.1. The van der Waals surface area contributed by atoms with Crippen LogP contribution in [0.5, 0.6) is 5.75 Å². The van der Waals surface area contributed by atoms with Crippen LogP contribution in [0.1, 0.15) is 16.7 Å². The fourth-order valence-corrected chi connectivity index (χ4v) is 3.84. The normalized spacial score (nSPS) is 11.1. The molecule has 5 nitrogen and oxygen atoms in total. The fourth-order valence-electron chi connectivity index (χ4n) is 2.70. The van der Waals surface area contributed by atoms with E-state index in [1.54, 1.807) is 31.4 Å². The molecular formula is C22H24N2O3S. The molecule has 146 valence electrons. The molecule has 2 N–H and O–H groups in total. The predicted molar refractivity (Wildman–Crippen MR) is 113 cm³/mol. The number of methoxy groups -OCH3 is 1. The molecule has 3 aromatic rings. The van der Waals surface area contributed by atoms with Crippen LogP contribution in [-0.2, 0) is 16.6 Å². The summed E-state index contributed by atoms with van der Waals surface area (Å²) < 4.78 is 32.9. The van der Waals surface area contributed by atoms with Crippen LogP contribution in [0, 0.1) is 13.8 Å². The van der Waals surface area contributed by atoms with Crippen molar-refractivity contribution in [2.45, 2.75) is 25.3 Å². The minimum Gasteiger partial charge on any atom is -0.497 e. The first-order valence-corrected chi connectivity index (χ1v) is 10.4. The van der Waals surface area contributed by atoms with Gasteiger partial charge in [0.1, 0.15) is 5.75 Å². The molecule has 28 heavy (non-hydrogen) atoms. The lowest BCUT2D eigenvalue weighted by molar-refractivity contribution is 0.414. The number of aryl methyl sites for hydroxylation is 2. The van der Waals surface area contributed by atoms with Crippen LogP contribution in [0.15, 0.2) is 71.6 Å². The summed E-state index contributed by atoms with van der Waals surface area (Å²) in [5.41, 5.74) is 4.56. The van der Waals surface area contributed by atoms with Crippen molar-refractivity contribution in [1.82, 2.24) is 0 Å². The Labute approximate surface area is 166 Å². The zero-order chi connectivity index (χ0) is 20.1. The van der Waals surface area contributed by atoms with Gasteiger partial charge in [-0.25, -0.2) is 8.42 Å². The van der Waals surface area contributed by atoms with Crippen molar-refractivity contribution in [1.29, 1.82) is 0 Å². The number of benzene rings is 3. The molecule has 3 rings (SSSR count). The van der Waals surface area contributed by atoms with Crippen molar-refractivity contribution in [3.8, 4) is 5.75 Å². The third-order valence-electron chi connectivity index (χ3n) is 4.58. The summed E-state index contributed by atoms with van der Waals surface area (Å²) >= 11 is 0. The second-order valence-electron chi connectivity index (χ2n) is 6.63. The van der Waals surface area contributed by atoms with Crippen LogP contribution in [0.25, 0.3) is 0 Å². The Morgan fingerprint density at radius 1 is 0.821 bits per heavy atom. The van der Waals surface area contributed by atoms with E-state index in [0.717, 1.165) is 28.1 Å². The molecule has 0 saturated carbocycles. The number of anilines is 2. The molecule has 0 spiro atoms. The van der Waals surface area contributed by atoms with E-state index in [1.807, 2.05) is 56.3 Å². The summed E-state index contributed by atoms with van der Waals surface area (Å²) in [7, 11) is -1.97. The van der Waals surface area contributed by atoms with Gasteiger partial charge in [-0.15, -0.1) is 0 Å². The molecule has 0 aliphatic carbocycles. The predicted octanol–water partition coefficient (Wildman–Crippen LogP) is 4.72. The van der Waals surface area contributed by atoms with Gasteiger partial charge in [0.15, 0.2) is 0 Å². The molecule has 6 heteroatoms. The Bertz CT molecular complexity index is 1040. The number of rotatable bonds is 7. The molecule has 0 aliphatic rings. The summed E-state index contributed by atoms with van der Waals surface area (Å²) in [5.74, 6) is 0.823. The standard InChI is InChI=1S/C22H24N2O3S/c1-16-4-13-22(14-17(16)2)28(25,26)24-20-9-7-19(8-10-20)23-15-18-5-11-21(27-3)12-6-18/h4-14,23-24H,15H2,1-3H3. The largest absolute Gasteiger partial charge is 0.497 e. The number of ether oxygens (including phenoxy) is 1. The number of nitrogens with one attached hydrogen (secondary N) is 2. The first-order chi connectivity index (χ1) is 13.4. The molecule has 0 saturated heterocycles. The second-order valence-corrected chi connectivity index (χ2v) is 8.31. The van der Waals surface area contributed by atoms with E-state index >= 15 is 0 Å². The maximum atomic E-state index is 12.6. The molecule has 0 radical (unpaired) electrons. The highest BCUT2D eigenvalue weighted by molar-refractivity contribution is 7.92. The number of hydrogen-bond acceptors (Lipinski definition) is 4. The zero-order valence-electron chi connectivity index (χ0n) is 16.2. The maximum Gasteiger partial charge on any atom is 0.261 e. The molecule has 0 atom stereocenters. The SMILES string of the molecule is COc1ccc(CNc2ccc(NS(=O)(=O)c3ccc(C)c(C)c3)cc2)cc1. The first-order valence-electron chi connectivity index (χ1n) is 8.94. The molecule has 0 aliphatic heterocycles. The van der Waals surface area contributed by atoms with Crippen molar-refractivity contribution in [3.05, 3.63) is 83.4 Å². The highest BCUT2D eigenvalue weighted by atomic mass is 32.2. The molecule has 0 aromatic heterocycles. The van der Waals surface area contributed by atoms with Crippen LogP contribution in [-0.4, -0.2) is 15.5 Å². The van der Waals surface area contributed by atoms with Gasteiger partial charge in [0.2, 0.25) is 0 Å². The zero-order valence-corrected chi connectivity index (χ0v) is 17.0. The summed E-state index contributed by atoms with van der Waals surface area (Å²) in [5, 5.41) is 3.32. The van der Waals surface area contributed by atoms with E-state index in [2.05, 4.69) is 10.0 Å². The average molecular weight is 397 g/mol. The van der Waals surface area contributed by atoms with Gasteiger partial charge in [-0.3, -0.25) is 4.72 Å². The van der Waals surface area contributed by atoms with Crippen molar-refractivity contribution >= 4 is 21.4 Å². The molecule has 0 bridgehead atoms. The monoisotopic (exact) mass is 396 g/mol. The minimum atomic E-state index is -3.61. The third-order valence-corrected chi connectivity index (χ3v) is 5.96. The van der Waals surface area contributed by atoms with Gasteiger partial charge in [0.25, 0.3) is 10.0 Å². The second kappa shape index (κ2) is 8.35. The van der Waals surface area contributed by atoms with Crippen LogP contribution in [0.2, 0.25) is 0 Å². The molecule has 0 amide bonds. The Morgan fingerprint density at radius 3 is 2.07 bits per heavy atom. The summed E-state index contributed by atoms with van der Waals surface area (Å²) in [6.45, 7) is 4.52. The van der Waals surface area contributed by atoms with E-state index in [4.69, 9.17) is 4.74 Å².